The molecule has 4 heteroatoms. The molecule has 0 radical (unpaired) electrons. The summed E-state index contributed by atoms with van der Waals surface area (Å²) in [5.74, 6) is 0. The lowest BCUT2D eigenvalue weighted by Crippen LogP contribution is -2.41. The van der Waals surface area contributed by atoms with Gasteiger partial charge in [-0.2, -0.15) is 0 Å². The molecule has 0 aliphatic carbocycles. The number of ether oxygens (including phenoxy) is 1. The first kappa shape index (κ1) is 14.4. The number of rotatable bonds is 8. The van der Waals surface area contributed by atoms with Gasteiger partial charge in [-0.05, 0) is 13.3 Å². The summed E-state index contributed by atoms with van der Waals surface area (Å²) in [5.41, 5.74) is 0. The second-order valence-corrected chi connectivity index (χ2v) is 4.20. The monoisotopic (exact) mass is 267 g/mol. The lowest BCUT2D eigenvalue weighted by Gasteiger charge is -2.29. The van der Waals surface area contributed by atoms with Gasteiger partial charge in [0.15, 0.2) is 0 Å². The van der Waals surface area contributed by atoms with Crippen LogP contribution in [0.15, 0.2) is 0 Å². The van der Waals surface area contributed by atoms with Gasteiger partial charge in [-0.3, -0.25) is 4.90 Å². The summed E-state index contributed by atoms with van der Waals surface area (Å²) in [5, 5.41) is 10.2. The van der Waals surface area contributed by atoms with Crippen molar-refractivity contribution in [2.75, 3.05) is 32.1 Å². The molecule has 1 N–H and O–H groups in total. The molecule has 0 saturated carbocycles. The van der Waals surface area contributed by atoms with E-state index in [9.17, 15) is 5.11 Å². The molecule has 0 aromatic carbocycles. The molecule has 2 atom stereocenters. The Balaban J connectivity index is 3.96. The van der Waals surface area contributed by atoms with Crippen molar-refractivity contribution in [1.82, 2.24) is 4.90 Å². The van der Waals surface area contributed by atoms with Crippen LogP contribution in [0.2, 0.25) is 0 Å². The zero-order valence-electron chi connectivity index (χ0n) is 9.37. The molecule has 0 fully saturated rings. The molecule has 0 amide bonds. The number of aliphatic hydroxyl groups is 1. The van der Waals surface area contributed by atoms with E-state index in [2.05, 4.69) is 34.7 Å². The van der Waals surface area contributed by atoms with Gasteiger partial charge in [-0.1, -0.05) is 22.9 Å². The molecule has 0 aromatic rings. The van der Waals surface area contributed by atoms with Crippen LogP contribution in [0.5, 0.6) is 0 Å². The summed E-state index contributed by atoms with van der Waals surface area (Å²) in [6.45, 7) is 6.65. The van der Waals surface area contributed by atoms with E-state index in [0.29, 0.717) is 17.9 Å². The Bertz CT molecular complexity index is 135. The second kappa shape index (κ2) is 8.65. The SMILES string of the molecule is CCC(C)N(CCOC)CC(O)CBr. The third-order valence-electron chi connectivity index (χ3n) is 2.42. The lowest BCUT2D eigenvalue weighted by atomic mass is 10.2. The first-order valence-electron chi connectivity index (χ1n) is 5.12. The Kier molecular flexibility index (Phi) is 8.87. The van der Waals surface area contributed by atoms with Crippen LogP contribution in [0.1, 0.15) is 20.3 Å². The number of hydrogen-bond acceptors (Lipinski definition) is 3. The Morgan fingerprint density at radius 2 is 2.14 bits per heavy atom. The van der Waals surface area contributed by atoms with Crippen molar-refractivity contribution in [1.29, 1.82) is 0 Å². The largest absolute Gasteiger partial charge is 0.391 e. The van der Waals surface area contributed by atoms with E-state index in [4.69, 9.17) is 4.74 Å². The Morgan fingerprint density at radius 1 is 1.50 bits per heavy atom. The highest BCUT2D eigenvalue weighted by Gasteiger charge is 2.15. The number of halogens is 1. The zero-order valence-corrected chi connectivity index (χ0v) is 11.0. The van der Waals surface area contributed by atoms with Crippen molar-refractivity contribution in [3.8, 4) is 0 Å². The average Bonchev–Trinajstić information content (AvgIpc) is 2.22. The molecule has 14 heavy (non-hydrogen) atoms. The van der Waals surface area contributed by atoms with Crippen molar-refractivity contribution < 1.29 is 9.84 Å². The highest BCUT2D eigenvalue weighted by molar-refractivity contribution is 9.09. The van der Waals surface area contributed by atoms with Gasteiger partial charge in [-0.15, -0.1) is 0 Å². The number of hydrogen-bond donors (Lipinski definition) is 1. The number of aliphatic hydroxyl groups excluding tert-OH is 1. The molecule has 0 rings (SSSR count). The highest BCUT2D eigenvalue weighted by atomic mass is 79.9. The van der Waals surface area contributed by atoms with Gasteiger partial charge in [0.2, 0.25) is 0 Å². The van der Waals surface area contributed by atoms with Gasteiger partial charge < -0.3 is 9.84 Å². The maximum Gasteiger partial charge on any atom is 0.0763 e. The van der Waals surface area contributed by atoms with Crippen molar-refractivity contribution in [3.05, 3.63) is 0 Å². The summed E-state index contributed by atoms with van der Waals surface area (Å²) < 4.78 is 5.05. The van der Waals surface area contributed by atoms with E-state index in [1.165, 1.54) is 0 Å². The van der Waals surface area contributed by atoms with E-state index in [-0.39, 0.29) is 6.10 Å². The van der Waals surface area contributed by atoms with Crippen LogP contribution in [-0.2, 0) is 4.74 Å². The molecule has 0 saturated heterocycles. The third-order valence-corrected chi connectivity index (χ3v) is 3.17. The summed E-state index contributed by atoms with van der Waals surface area (Å²) in [6.07, 6.45) is 0.805. The zero-order chi connectivity index (χ0) is 11.0. The summed E-state index contributed by atoms with van der Waals surface area (Å²) >= 11 is 3.27. The molecule has 0 heterocycles. The fourth-order valence-corrected chi connectivity index (χ4v) is 1.48. The fourth-order valence-electron chi connectivity index (χ4n) is 1.28. The molecule has 0 aliphatic rings. The van der Waals surface area contributed by atoms with Gasteiger partial charge in [-0.25, -0.2) is 0 Å². The predicted octanol–water partition coefficient (Wildman–Crippen LogP) is 1.49. The van der Waals surface area contributed by atoms with Crippen molar-refractivity contribution in [3.63, 3.8) is 0 Å². The maximum atomic E-state index is 9.54. The normalized spacial score (nSPS) is 15.9. The fraction of sp³-hybridized carbons (Fsp3) is 1.00. The van der Waals surface area contributed by atoms with Gasteiger partial charge in [0.1, 0.15) is 0 Å². The Labute approximate surface area is 95.6 Å². The minimum atomic E-state index is -0.291. The van der Waals surface area contributed by atoms with E-state index in [1.807, 2.05) is 0 Å². The van der Waals surface area contributed by atoms with Gasteiger partial charge in [0.25, 0.3) is 0 Å². The van der Waals surface area contributed by atoms with Gasteiger partial charge in [0.05, 0.1) is 12.7 Å². The van der Waals surface area contributed by atoms with Crippen molar-refractivity contribution >= 4 is 15.9 Å². The minimum Gasteiger partial charge on any atom is -0.391 e. The molecule has 0 bridgehead atoms. The van der Waals surface area contributed by atoms with Gasteiger partial charge in [0, 0.05) is 31.6 Å². The van der Waals surface area contributed by atoms with Crippen molar-refractivity contribution in [2.45, 2.75) is 32.4 Å². The molecular formula is C10H22BrNO2. The molecule has 0 aliphatic heterocycles. The highest BCUT2D eigenvalue weighted by Crippen LogP contribution is 2.05. The number of methoxy groups -OCH3 is 1. The molecular weight excluding hydrogens is 246 g/mol. The quantitative estimate of drug-likeness (QED) is 0.677. The van der Waals surface area contributed by atoms with Crippen LogP contribution in [0.4, 0.5) is 0 Å². The van der Waals surface area contributed by atoms with E-state index < -0.39 is 0 Å². The standard InChI is InChI=1S/C10H22BrNO2/c1-4-9(2)12(5-6-14-3)8-10(13)7-11/h9-10,13H,4-8H2,1-3H3. The molecule has 2 unspecified atom stereocenters. The van der Waals surface area contributed by atoms with E-state index in [0.717, 1.165) is 19.6 Å². The number of nitrogens with zero attached hydrogens (tertiary/aromatic N) is 1. The third kappa shape index (κ3) is 5.96. The van der Waals surface area contributed by atoms with Crippen LogP contribution >= 0.6 is 15.9 Å². The minimum absolute atomic E-state index is 0.291. The second-order valence-electron chi connectivity index (χ2n) is 3.55. The molecule has 0 spiro atoms. The first-order valence-corrected chi connectivity index (χ1v) is 6.24. The van der Waals surface area contributed by atoms with Crippen LogP contribution in [0, 0.1) is 0 Å². The Hall–Kier alpha value is 0.360. The van der Waals surface area contributed by atoms with Crippen LogP contribution in [-0.4, -0.2) is 54.3 Å². The maximum absolute atomic E-state index is 9.54. The predicted molar refractivity (Wildman–Crippen MR) is 63.0 cm³/mol. The van der Waals surface area contributed by atoms with Crippen LogP contribution in [0.25, 0.3) is 0 Å². The smallest absolute Gasteiger partial charge is 0.0763 e. The van der Waals surface area contributed by atoms with E-state index >= 15 is 0 Å². The summed E-state index contributed by atoms with van der Waals surface area (Å²) in [4.78, 5) is 2.26. The number of alkyl halides is 1. The van der Waals surface area contributed by atoms with E-state index in [1.54, 1.807) is 7.11 Å². The Morgan fingerprint density at radius 3 is 2.57 bits per heavy atom. The van der Waals surface area contributed by atoms with Crippen LogP contribution < -0.4 is 0 Å². The van der Waals surface area contributed by atoms with Gasteiger partial charge >= 0.3 is 0 Å². The first-order chi connectivity index (χ1) is 6.65. The molecule has 86 valence electrons. The van der Waals surface area contributed by atoms with Crippen molar-refractivity contribution in [2.24, 2.45) is 0 Å². The summed E-state index contributed by atoms with van der Waals surface area (Å²) in [7, 11) is 1.70. The average molecular weight is 268 g/mol. The van der Waals surface area contributed by atoms with Crippen LogP contribution in [0.3, 0.4) is 0 Å². The molecule has 3 nitrogen and oxygen atoms in total. The lowest BCUT2D eigenvalue weighted by molar-refractivity contribution is 0.0771. The summed E-state index contributed by atoms with van der Waals surface area (Å²) in [6, 6.07) is 0.499. The molecule has 0 aromatic heterocycles. The topological polar surface area (TPSA) is 32.7 Å².